The molecule has 0 spiro atoms. The second-order valence-corrected chi connectivity index (χ2v) is 3.47. The van der Waals surface area contributed by atoms with E-state index in [1.54, 1.807) is 0 Å². The molecule has 4 nitrogen and oxygen atoms in total. The minimum atomic E-state index is -4.77. The van der Waals surface area contributed by atoms with Crippen LogP contribution in [-0.2, 0) is 9.59 Å². The van der Waals surface area contributed by atoms with Crippen LogP contribution in [0.3, 0.4) is 0 Å². The summed E-state index contributed by atoms with van der Waals surface area (Å²) in [6.45, 7) is 0. The zero-order valence-corrected chi connectivity index (χ0v) is 8.59. The number of aliphatic carboxylic acids is 1. The second-order valence-electron chi connectivity index (χ2n) is 3.47. The number of nitrogens with two attached hydrogens (primary N) is 1. The third-order valence-corrected chi connectivity index (χ3v) is 2.05. The number of carboxylic acids is 1. The lowest BCUT2D eigenvalue weighted by Gasteiger charge is -2.06. The molecule has 0 unspecified atom stereocenters. The van der Waals surface area contributed by atoms with Gasteiger partial charge < -0.3 is 10.8 Å². The van der Waals surface area contributed by atoms with Crippen molar-refractivity contribution in [2.45, 2.75) is 44.3 Å². The van der Waals surface area contributed by atoms with Crippen LogP contribution >= 0.6 is 0 Å². The average molecular weight is 241 g/mol. The van der Waals surface area contributed by atoms with E-state index in [9.17, 15) is 22.8 Å². The Morgan fingerprint density at radius 2 is 1.75 bits per heavy atom. The zero-order valence-electron chi connectivity index (χ0n) is 8.59. The van der Waals surface area contributed by atoms with Gasteiger partial charge in [-0.3, -0.25) is 9.59 Å². The molecule has 7 heteroatoms. The van der Waals surface area contributed by atoms with Gasteiger partial charge in [-0.1, -0.05) is 12.8 Å². The summed E-state index contributed by atoms with van der Waals surface area (Å²) >= 11 is 0. The molecule has 0 bridgehead atoms. The molecule has 3 N–H and O–H groups in total. The van der Waals surface area contributed by atoms with Gasteiger partial charge in [-0.2, -0.15) is 13.2 Å². The molecule has 0 aromatic heterocycles. The first kappa shape index (κ1) is 14.9. The van der Waals surface area contributed by atoms with Crippen LogP contribution in [0.1, 0.15) is 32.1 Å². The number of hydrogen-bond donors (Lipinski definition) is 2. The van der Waals surface area contributed by atoms with Crippen LogP contribution in [0.5, 0.6) is 0 Å². The molecule has 16 heavy (non-hydrogen) atoms. The molecule has 0 amide bonds. The maximum absolute atomic E-state index is 11.7. The maximum Gasteiger partial charge on any atom is 0.449 e. The number of ketones is 1. The van der Waals surface area contributed by atoms with Crippen molar-refractivity contribution in [2.75, 3.05) is 0 Å². The fourth-order valence-electron chi connectivity index (χ4n) is 1.09. The first-order valence-electron chi connectivity index (χ1n) is 4.83. The summed E-state index contributed by atoms with van der Waals surface area (Å²) in [6.07, 6.45) is -4.25. The molecule has 0 aliphatic carbocycles. The summed E-state index contributed by atoms with van der Waals surface area (Å²) < 4.78 is 35.2. The number of halogens is 3. The third kappa shape index (κ3) is 6.39. The third-order valence-electron chi connectivity index (χ3n) is 2.05. The molecular weight excluding hydrogens is 227 g/mol. The van der Waals surface area contributed by atoms with Crippen molar-refractivity contribution in [3.63, 3.8) is 0 Å². The molecule has 0 rings (SSSR count). The van der Waals surface area contributed by atoms with E-state index in [0.29, 0.717) is 12.8 Å². The van der Waals surface area contributed by atoms with Gasteiger partial charge in [0.05, 0.1) is 0 Å². The highest BCUT2D eigenvalue weighted by atomic mass is 19.4. The van der Waals surface area contributed by atoms with Crippen molar-refractivity contribution in [2.24, 2.45) is 5.73 Å². The van der Waals surface area contributed by atoms with Gasteiger partial charge in [0.25, 0.3) is 0 Å². The predicted octanol–water partition coefficient (Wildman–Crippen LogP) is 1.48. The average Bonchev–Trinajstić information content (AvgIpc) is 2.14. The van der Waals surface area contributed by atoms with Gasteiger partial charge in [0.15, 0.2) is 0 Å². The Labute approximate surface area is 90.6 Å². The summed E-state index contributed by atoms with van der Waals surface area (Å²) in [5.41, 5.74) is 5.18. The van der Waals surface area contributed by atoms with E-state index >= 15 is 0 Å². The molecule has 0 radical (unpaired) electrons. The van der Waals surface area contributed by atoms with E-state index in [4.69, 9.17) is 10.8 Å². The summed E-state index contributed by atoms with van der Waals surface area (Å²) in [5.74, 6) is -2.87. The summed E-state index contributed by atoms with van der Waals surface area (Å²) in [6, 6.07) is -0.988. The molecule has 0 fully saturated rings. The van der Waals surface area contributed by atoms with Crippen LogP contribution in [0.4, 0.5) is 13.2 Å². The summed E-state index contributed by atoms with van der Waals surface area (Å²) in [7, 11) is 0. The number of carboxylic acid groups (broad SMARTS) is 1. The van der Waals surface area contributed by atoms with Crippen LogP contribution in [0, 0.1) is 0 Å². The Morgan fingerprint density at radius 3 is 2.19 bits per heavy atom. The number of rotatable bonds is 7. The molecule has 0 aliphatic heterocycles. The van der Waals surface area contributed by atoms with Gasteiger partial charge in [-0.15, -0.1) is 0 Å². The van der Waals surface area contributed by atoms with Crippen molar-refractivity contribution in [1.82, 2.24) is 0 Å². The topological polar surface area (TPSA) is 80.4 Å². The van der Waals surface area contributed by atoms with Crippen LogP contribution in [0.15, 0.2) is 0 Å². The van der Waals surface area contributed by atoms with E-state index in [1.807, 2.05) is 0 Å². The van der Waals surface area contributed by atoms with Crippen LogP contribution < -0.4 is 5.73 Å². The van der Waals surface area contributed by atoms with Gasteiger partial charge in [-0.25, -0.2) is 0 Å². The molecule has 0 aromatic carbocycles. The van der Waals surface area contributed by atoms with E-state index < -0.39 is 30.4 Å². The summed E-state index contributed by atoms with van der Waals surface area (Å²) in [5, 5.41) is 8.41. The Hall–Kier alpha value is -1.11. The standard InChI is InChI=1S/C9H14F3NO3/c10-9(11,12)7(14)5-3-1-2-4-6(13)8(15)16/h6H,1-5,13H2,(H,15,16)/t6-/m0/s1. The number of carbonyl (C=O) groups excluding carboxylic acids is 1. The smallest absolute Gasteiger partial charge is 0.449 e. The Balaban J connectivity index is 3.55. The summed E-state index contributed by atoms with van der Waals surface area (Å²) in [4.78, 5) is 20.7. The molecule has 94 valence electrons. The first-order chi connectivity index (χ1) is 7.25. The molecule has 0 aromatic rings. The monoisotopic (exact) mass is 241 g/mol. The minimum Gasteiger partial charge on any atom is -0.480 e. The van der Waals surface area contributed by atoms with Gasteiger partial charge in [0, 0.05) is 6.42 Å². The zero-order chi connectivity index (χ0) is 12.8. The normalized spacial score (nSPS) is 13.5. The van der Waals surface area contributed by atoms with Gasteiger partial charge in [0.1, 0.15) is 6.04 Å². The molecule has 0 aliphatic rings. The Bertz CT molecular complexity index is 253. The largest absolute Gasteiger partial charge is 0.480 e. The van der Waals surface area contributed by atoms with Gasteiger partial charge >= 0.3 is 12.1 Å². The number of carbonyl (C=O) groups is 2. The number of alkyl halides is 3. The van der Waals surface area contributed by atoms with E-state index in [1.165, 1.54) is 0 Å². The first-order valence-corrected chi connectivity index (χ1v) is 4.83. The van der Waals surface area contributed by atoms with E-state index in [-0.39, 0.29) is 12.8 Å². The highest BCUT2D eigenvalue weighted by Crippen LogP contribution is 2.19. The minimum absolute atomic E-state index is 0.102. The van der Waals surface area contributed by atoms with Crippen molar-refractivity contribution in [1.29, 1.82) is 0 Å². The predicted molar refractivity (Wildman–Crippen MR) is 49.8 cm³/mol. The highest BCUT2D eigenvalue weighted by molar-refractivity contribution is 5.83. The Kier molecular flexibility index (Phi) is 6.02. The molecule has 1 atom stereocenters. The quantitative estimate of drug-likeness (QED) is 0.661. The fraction of sp³-hybridized carbons (Fsp3) is 0.778. The van der Waals surface area contributed by atoms with Gasteiger partial charge in [-0.05, 0) is 12.8 Å². The van der Waals surface area contributed by atoms with E-state index in [2.05, 4.69) is 0 Å². The molecular formula is C9H14F3NO3. The molecule has 0 saturated carbocycles. The lowest BCUT2D eigenvalue weighted by atomic mass is 10.1. The van der Waals surface area contributed by atoms with Crippen molar-refractivity contribution in [3.05, 3.63) is 0 Å². The van der Waals surface area contributed by atoms with Crippen LogP contribution in [-0.4, -0.2) is 29.1 Å². The van der Waals surface area contributed by atoms with Crippen LogP contribution in [0.25, 0.3) is 0 Å². The number of unbranched alkanes of at least 4 members (excludes halogenated alkanes) is 2. The van der Waals surface area contributed by atoms with E-state index in [0.717, 1.165) is 0 Å². The van der Waals surface area contributed by atoms with Crippen molar-refractivity contribution < 1.29 is 27.9 Å². The lowest BCUT2D eigenvalue weighted by molar-refractivity contribution is -0.171. The second kappa shape index (κ2) is 6.47. The molecule has 0 saturated heterocycles. The van der Waals surface area contributed by atoms with Crippen molar-refractivity contribution >= 4 is 11.8 Å². The fourth-order valence-corrected chi connectivity index (χ4v) is 1.09. The Morgan fingerprint density at radius 1 is 1.19 bits per heavy atom. The highest BCUT2D eigenvalue weighted by Gasteiger charge is 2.36. The number of Topliss-reactive ketones (excluding diaryl/α,β-unsaturated/α-hetero) is 1. The maximum atomic E-state index is 11.7. The van der Waals surface area contributed by atoms with Crippen molar-refractivity contribution in [3.8, 4) is 0 Å². The SMILES string of the molecule is N[C@@H](CCCCCC(=O)C(F)(F)F)C(=O)O. The van der Waals surface area contributed by atoms with Gasteiger partial charge in [0.2, 0.25) is 5.78 Å². The number of hydrogen-bond acceptors (Lipinski definition) is 3. The molecule has 0 heterocycles. The van der Waals surface area contributed by atoms with Crippen LogP contribution in [0.2, 0.25) is 0 Å². The lowest BCUT2D eigenvalue weighted by Crippen LogP contribution is -2.29.